The number of benzene rings is 1. The predicted octanol–water partition coefficient (Wildman–Crippen LogP) is 1.75. The third-order valence-corrected chi connectivity index (χ3v) is 5.87. The normalized spacial score (nSPS) is 25.7. The summed E-state index contributed by atoms with van der Waals surface area (Å²) >= 11 is 6.73. The fourth-order valence-electron chi connectivity index (χ4n) is 3.12. The smallest absolute Gasteiger partial charge is 0.203 e. The number of fused-ring (bicyclic) bond motifs is 2. The number of para-hydroxylation sites is 1. The van der Waals surface area contributed by atoms with Gasteiger partial charge in [-0.1, -0.05) is 17.8 Å². The van der Waals surface area contributed by atoms with Crippen molar-refractivity contribution >= 4 is 35.5 Å². The third-order valence-electron chi connectivity index (χ3n) is 4.49. The minimum absolute atomic E-state index is 0.0918. The van der Waals surface area contributed by atoms with Gasteiger partial charge in [-0.25, -0.2) is 9.37 Å². The second-order valence-corrected chi connectivity index (χ2v) is 7.77. The Kier molecular flexibility index (Phi) is 5.54. The maximum atomic E-state index is 14.5. The highest BCUT2D eigenvalue weighted by atomic mass is 32.2. The molecule has 8 nitrogen and oxygen atoms in total. The summed E-state index contributed by atoms with van der Waals surface area (Å²) in [7, 11) is 0. The van der Waals surface area contributed by atoms with Crippen LogP contribution in [0.1, 0.15) is 6.23 Å². The number of ether oxygens (including phenoxy) is 2. The molecule has 0 radical (unpaired) electrons. The van der Waals surface area contributed by atoms with Crippen LogP contribution in [0.4, 0.5) is 15.9 Å². The van der Waals surface area contributed by atoms with Gasteiger partial charge in [0, 0.05) is 17.6 Å². The van der Waals surface area contributed by atoms with Gasteiger partial charge in [-0.15, -0.1) is 0 Å². The Balaban J connectivity index is 1.67. The molecule has 28 heavy (non-hydrogen) atoms. The molecule has 1 fully saturated rings. The van der Waals surface area contributed by atoms with Gasteiger partial charge in [-0.3, -0.25) is 4.57 Å². The molecule has 2 aliphatic heterocycles. The van der Waals surface area contributed by atoms with E-state index in [2.05, 4.69) is 10.3 Å². The van der Waals surface area contributed by atoms with Crippen LogP contribution in [0.15, 0.2) is 34.2 Å². The molecule has 2 unspecified atom stereocenters. The first-order valence-electron chi connectivity index (χ1n) is 8.66. The molecule has 1 aromatic heterocycles. The summed E-state index contributed by atoms with van der Waals surface area (Å²) in [5.74, 6) is 1.18. The lowest BCUT2D eigenvalue weighted by Crippen LogP contribution is -2.30. The maximum Gasteiger partial charge on any atom is 0.203 e. The molecule has 1 aromatic carbocycles. The van der Waals surface area contributed by atoms with Crippen molar-refractivity contribution in [1.29, 1.82) is 0 Å². The van der Waals surface area contributed by atoms with Gasteiger partial charge in [0.2, 0.25) is 4.77 Å². The Morgan fingerprint density at radius 2 is 2.25 bits per heavy atom. The van der Waals surface area contributed by atoms with Gasteiger partial charge >= 0.3 is 0 Å². The zero-order chi connectivity index (χ0) is 19.8. The average Bonchev–Trinajstić information content (AvgIpc) is 2.98. The molecule has 4 rings (SSSR count). The van der Waals surface area contributed by atoms with Crippen LogP contribution in [0.2, 0.25) is 0 Å². The molecule has 0 spiro atoms. The standard InChI is InChI=1S/C17H19FN4O4S2/c18-12-14(24)9(7-23)26-16(12)22-6-11-15(21-17(22)27)20-13-8(25-5-4-19)2-1-3-10(13)28-11/h1-3,6,9,12,14,16,23-24H,4-5,7,19H2,(H,20,21,27)/t9-,12?,14?,16-/m1/s1. The van der Waals surface area contributed by atoms with Crippen molar-refractivity contribution in [2.45, 2.75) is 34.4 Å². The number of alkyl halides is 1. The lowest BCUT2D eigenvalue weighted by Gasteiger charge is -2.24. The summed E-state index contributed by atoms with van der Waals surface area (Å²) in [6, 6.07) is 5.63. The molecule has 0 amide bonds. The van der Waals surface area contributed by atoms with E-state index in [4.69, 9.17) is 27.4 Å². The van der Waals surface area contributed by atoms with Gasteiger partial charge in [0.25, 0.3) is 0 Å². The Morgan fingerprint density at radius 3 is 2.96 bits per heavy atom. The van der Waals surface area contributed by atoms with Gasteiger partial charge in [-0.05, 0) is 24.4 Å². The van der Waals surface area contributed by atoms with E-state index in [9.17, 15) is 14.6 Å². The van der Waals surface area contributed by atoms with Gasteiger partial charge in [-0.2, -0.15) is 0 Å². The van der Waals surface area contributed by atoms with Crippen LogP contribution in [0.3, 0.4) is 0 Å². The summed E-state index contributed by atoms with van der Waals surface area (Å²) in [6.07, 6.45) is -3.68. The Bertz CT molecular complexity index is 944. The van der Waals surface area contributed by atoms with Crippen molar-refractivity contribution in [3.05, 3.63) is 29.2 Å². The van der Waals surface area contributed by atoms with Gasteiger partial charge in [0.05, 0.1) is 17.2 Å². The third kappa shape index (κ3) is 3.38. The SMILES string of the molecule is NCCOc1cccc2c1Nc1nc(=S)n([C@@H]3O[C@H](CO)C(O)C3F)cc1S2. The highest BCUT2D eigenvalue weighted by molar-refractivity contribution is 7.99. The van der Waals surface area contributed by atoms with Crippen LogP contribution >= 0.6 is 24.0 Å². The largest absolute Gasteiger partial charge is 0.490 e. The van der Waals surface area contributed by atoms with E-state index in [0.717, 1.165) is 15.5 Å². The molecule has 2 aromatic rings. The quantitative estimate of drug-likeness (QED) is 0.453. The summed E-state index contributed by atoms with van der Waals surface area (Å²) in [4.78, 5) is 5.99. The molecule has 150 valence electrons. The minimum atomic E-state index is -1.73. The summed E-state index contributed by atoms with van der Waals surface area (Å²) < 4.78 is 27.1. The van der Waals surface area contributed by atoms with Crippen molar-refractivity contribution in [3.8, 4) is 5.75 Å². The van der Waals surface area contributed by atoms with Gasteiger partial charge in [0.15, 0.2) is 12.4 Å². The number of hydrogen-bond donors (Lipinski definition) is 4. The van der Waals surface area contributed by atoms with Crippen LogP contribution in [0, 0.1) is 4.77 Å². The number of rotatable bonds is 5. The van der Waals surface area contributed by atoms with E-state index in [-0.39, 0.29) is 4.77 Å². The van der Waals surface area contributed by atoms with Crippen LogP contribution in [0.25, 0.3) is 0 Å². The Labute approximate surface area is 169 Å². The number of aromatic nitrogens is 2. The van der Waals surface area contributed by atoms with E-state index >= 15 is 0 Å². The highest BCUT2D eigenvalue weighted by Crippen LogP contribution is 2.47. The number of anilines is 2. The molecule has 5 N–H and O–H groups in total. The van der Waals surface area contributed by atoms with Crippen molar-refractivity contribution in [2.75, 3.05) is 25.1 Å². The summed E-state index contributed by atoms with van der Waals surface area (Å²) in [5.41, 5.74) is 6.28. The first kappa shape index (κ1) is 19.6. The highest BCUT2D eigenvalue weighted by Gasteiger charge is 2.45. The lowest BCUT2D eigenvalue weighted by molar-refractivity contribution is -0.0486. The Morgan fingerprint density at radius 1 is 1.43 bits per heavy atom. The molecule has 0 saturated carbocycles. The minimum Gasteiger partial charge on any atom is -0.490 e. The number of nitrogens with two attached hydrogens (primary N) is 1. The monoisotopic (exact) mass is 426 g/mol. The molecular weight excluding hydrogens is 407 g/mol. The summed E-state index contributed by atoms with van der Waals surface area (Å²) in [6.45, 7) is 0.295. The number of halogens is 1. The number of hydrogen-bond acceptors (Lipinski definition) is 9. The van der Waals surface area contributed by atoms with E-state index in [1.54, 1.807) is 6.20 Å². The van der Waals surface area contributed by atoms with Gasteiger partial charge in [0.1, 0.15) is 30.4 Å². The van der Waals surface area contributed by atoms with Crippen LogP contribution in [-0.4, -0.2) is 57.9 Å². The Hall–Kier alpha value is -1.76. The molecule has 1 saturated heterocycles. The molecule has 0 bridgehead atoms. The fraction of sp³-hybridized carbons (Fsp3) is 0.412. The van der Waals surface area contributed by atoms with Crippen LogP contribution in [0.5, 0.6) is 5.75 Å². The molecule has 0 aliphatic carbocycles. The topological polar surface area (TPSA) is 115 Å². The lowest BCUT2D eigenvalue weighted by atomic mass is 10.1. The second kappa shape index (κ2) is 7.93. The molecule has 11 heteroatoms. The van der Waals surface area contributed by atoms with E-state index in [1.807, 2.05) is 18.2 Å². The number of aliphatic hydroxyl groups is 2. The number of aliphatic hydroxyl groups excluding tert-OH is 2. The first-order chi connectivity index (χ1) is 13.5. The second-order valence-electron chi connectivity index (χ2n) is 6.32. The van der Waals surface area contributed by atoms with Crippen molar-refractivity contribution < 1.29 is 24.1 Å². The van der Waals surface area contributed by atoms with Crippen molar-refractivity contribution in [2.24, 2.45) is 5.73 Å². The van der Waals surface area contributed by atoms with Crippen molar-refractivity contribution in [1.82, 2.24) is 9.55 Å². The zero-order valence-electron chi connectivity index (χ0n) is 14.6. The number of nitrogens with one attached hydrogen (secondary N) is 1. The van der Waals surface area contributed by atoms with Gasteiger partial charge < -0.3 is 30.7 Å². The maximum absolute atomic E-state index is 14.5. The van der Waals surface area contributed by atoms with Crippen LogP contribution in [-0.2, 0) is 4.74 Å². The number of nitrogens with zero attached hydrogens (tertiary/aromatic N) is 2. The molecular formula is C17H19FN4O4S2. The predicted molar refractivity (Wildman–Crippen MR) is 103 cm³/mol. The molecule has 2 aliphatic rings. The molecule has 3 heterocycles. The van der Waals surface area contributed by atoms with Crippen LogP contribution < -0.4 is 15.8 Å². The average molecular weight is 426 g/mol. The van der Waals surface area contributed by atoms with E-state index in [0.29, 0.717) is 24.7 Å². The van der Waals surface area contributed by atoms with E-state index < -0.39 is 31.2 Å². The van der Waals surface area contributed by atoms with Crippen molar-refractivity contribution in [3.63, 3.8) is 0 Å². The molecule has 4 atom stereocenters. The summed E-state index contributed by atoms with van der Waals surface area (Å²) in [5, 5.41) is 22.3. The fourth-order valence-corrected chi connectivity index (χ4v) is 4.37. The zero-order valence-corrected chi connectivity index (χ0v) is 16.3. The first-order valence-corrected chi connectivity index (χ1v) is 9.88. The van der Waals surface area contributed by atoms with E-state index in [1.165, 1.54) is 16.3 Å².